The smallest absolute Gasteiger partial charge is 0.317 e. The number of nitrogens with one attached hydrogen (secondary N) is 1. The number of carbonyl (C=O) groups is 1. The molecule has 0 saturated heterocycles. The van der Waals surface area contributed by atoms with Crippen LogP contribution < -0.4 is 5.32 Å². The standard InChI is InChI=1S/C25H23N7OS/c1-14-28-12-21(34-14)22-16(11-26)10-18-17(4-3-5-19(18)29-22)23-20-13-31(25(33)27-2)8-9-32(20)24(30-23)15-6-7-15/h3-5,10,12,15H,6-9,13H2,1-2H3,(H,27,33). The molecule has 2 amide bonds. The second kappa shape index (κ2) is 7.92. The van der Waals surface area contributed by atoms with Crippen LogP contribution in [0.4, 0.5) is 4.79 Å². The number of amides is 2. The summed E-state index contributed by atoms with van der Waals surface area (Å²) in [5.41, 5.74) is 4.87. The third kappa shape index (κ3) is 3.33. The normalized spacial score (nSPS) is 15.3. The third-order valence-electron chi connectivity index (χ3n) is 6.57. The molecule has 0 radical (unpaired) electrons. The molecule has 9 heteroatoms. The quantitative estimate of drug-likeness (QED) is 0.478. The van der Waals surface area contributed by atoms with E-state index in [1.54, 1.807) is 13.2 Å². The highest BCUT2D eigenvalue weighted by molar-refractivity contribution is 7.15. The van der Waals surface area contributed by atoms with Gasteiger partial charge >= 0.3 is 6.03 Å². The number of imidazole rings is 1. The first-order valence-corrected chi connectivity index (χ1v) is 12.2. The van der Waals surface area contributed by atoms with E-state index >= 15 is 0 Å². The van der Waals surface area contributed by atoms with Gasteiger partial charge in [0.05, 0.1) is 38.9 Å². The molecule has 0 bridgehead atoms. The molecule has 4 aromatic rings. The molecule has 1 aliphatic carbocycles. The van der Waals surface area contributed by atoms with Crippen molar-refractivity contribution in [2.45, 2.75) is 38.8 Å². The largest absolute Gasteiger partial charge is 0.341 e. The molecule has 34 heavy (non-hydrogen) atoms. The van der Waals surface area contributed by atoms with Crippen LogP contribution >= 0.6 is 11.3 Å². The fourth-order valence-corrected chi connectivity index (χ4v) is 5.52. The van der Waals surface area contributed by atoms with Crippen molar-refractivity contribution in [2.75, 3.05) is 13.6 Å². The van der Waals surface area contributed by atoms with E-state index in [0.29, 0.717) is 30.3 Å². The summed E-state index contributed by atoms with van der Waals surface area (Å²) in [5, 5.41) is 14.5. The first kappa shape index (κ1) is 20.8. The van der Waals surface area contributed by atoms with Crippen LogP contribution in [0.3, 0.4) is 0 Å². The molecule has 3 aromatic heterocycles. The summed E-state index contributed by atoms with van der Waals surface area (Å²) < 4.78 is 2.30. The van der Waals surface area contributed by atoms with Crippen LogP contribution in [0.2, 0.25) is 0 Å². The molecule has 0 atom stereocenters. The molecular formula is C25H23N7OS. The molecule has 8 nitrogen and oxygen atoms in total. The lowest BCUT2D eigenvalue weighted by molar-refractivity contribution is 0.185. The molecule has 170 valence electrons. The van der Waals surface area contributed by atoms with Crippen molar-refractivity contribution in [1.29, 1.82) is 5.26 Å². The van der Waals surface area contributed by atoms with E-state index in [2.05, 4.69) is 20.9 Å². The first-order valence-electron chi connectivity index (χ1n) is 11.4. The number of thiazole rings is 1. The SMILES string of the molecule is CNC(=O)N1CCn2c(C3CC3)nc(-c3cccc4nc(-c5cnc(C)s5)c(C#N)cc34)c2C1. The minimum atomic E-state index is -0.0813. The number of rotatable bonds is 3. The van der Waals surface area contributed by atoms with Crippen LogP contribution in [-0.4, -0.2) is 44.0 Å². The molecule has 1 fully saturated rings. The van der Waals surface area contributed by atoms with Gasteiger partial charge < -0.3 is 14.8 Å². The van der Waals surface area contributed by atoms with Crippen molar-refractivity contribution in [3.8, 4) is 27.9 Å². The van der Waals surface area contributed by atoms with Gasteiger partial charge in [0, 0.05) is 43.2 Å². The maximum Gasteiger partial charge on any atom is 0.317 e. The highest BCUT2D eigenvalue weighted by atomic mass is 32.1. The Kier molecular flexibility index (Phi) is 4.85. The first-order chi connectivity index (χ1) is 16.6. The van der Waals surface area contributed by atoms with Crippen LogP contribution in [-0.2, 0) is 13.1 Å². The van der Waals surface area contributed by atoms with Crippen LogP contribution in [0.1, 0.15) is 40.8 Å². The van der Waals surface area contributed by atoms with Crippen molar-refractivity contribution in [2.24, 2.45) is 0 Å². The third-order valence-corrected chi connectivity index (χ3v) is 7.49. The highest BCUT2D eigenvalue weighted by Gasteiger charge is 2.34. The molecule has 1 saturated carbocycles. The minimum Gasteiger partial charge on any atom is -0.341 e. The molecule has 2 aliphatic rings. The van der Waals surface area contributed by atoms with Crippen molar-refractivity contribution < 1.29 is 4.79 Å². The van der Waals surface area contributed by atoms with Crippen molar-refractivity contribution in [3.63, 3.8) is 0 Å². The average molecular weight is 470 g/mol. The lowest BCUT2D eigenvalue weighted by Gasteiger charge is -2.29. The fourth-order valence-electron chi connectivity index (χ4n) is 4.74. The number of carbonyl (C=O) groups excluding carboxylic acids is 1. The number of nitrogens with zero attached hydrogens (tertiary/aromatic N) is 6. The van der Waals surface area contributed by atoms with Gasteiger partial charge in [-0.25, -0.2) is 19.7 Å². The Labute approximate surface area is 200 Å². The van der Waals surface area contributed by atoms with E-state index in [0.717, 1.165) is 62.9 Å². The number of nitriles is 1. The maximum atomic E-state index is 12.4. The van der Waals surface area contributed by atoms with Crippen molar-refractivity contribution >= 4 is 28.3 Å². The number of aromatic nitrogens is 4. The van der Waals surface area contributed by atoms with Gasteiger partial charge in [-0.15, -0.1) is 11.3 Å². The average Bonchev–Trinajstić information content (AvgIpc) is 3.51. The summed E-state index contributed by atoms with van der Waals surface area (Å²) >= 11 is 1.53. The topological polar surface area (TPSA) is 99.7 Å². The number of urea groups is 1. The van der Waals surface area contributed by atoms with Gasteiger partial charge in [-0.05, 0) is 31.9 Å². The van der Waals surface area contributed by atoms with Gasteiger partial charge in [0.1, 0.15) is 17.6 Å². The van der Waals surface area contributed by atoms with Gasteiger partial charge in [-0.3, -0.25) is 0 Å². The molecule has 0 spiro atoms. The van der Waals surface area contributed by atoms with Crippen LogP contribution in [0.15, 0.2) is 30.5 Å². The Balaban J connectivity index is 1.53. The van der Waals surface area contributed by atoms with Crippen molar-refractivity contribution in [3.05, 3.63) is 52.6 Å². The van der Waals surface area contributed by atoms with Gasteiger partial charge in [0.2, 0.25) is 0 Å². The Hall–Kier alpha value is -3.77. The van der Waals surface area contributed by atoms with Crippen LogP contribution in [0, 0.1) is 18.3 Å². The predicted molar refractivity (Wildman–Crippen MR) is 130 cm³/mol. The Morgan fingerprint density at radius 1 is 1.24 bits per heavy atom. The maximum absolute atomic E-state index is 12.4. The summed E-state index contributed by atoms with van der Waals surface area (Å²) in [5.74, 6) is 1.60. The summed E-state index contributed by atoms with van der Waals surface area (Å²) in [7, 11) is 1.66. The van der Waals surface area contributed by atoms with E-state index in [1.807, 2.05) is 36.1 Å². The van der Waals surface area contributed by atoms with E-state index in [-0.39, 0.29) is 6.03 Å². The second-order valence-electron chi connectivity index (χ2n) is 8.78. The lowest BCUT2D eigenvalue weighted by atomic mass is 10.0. The number of benzene rings is 1. The zero-order chi connectivity index (χ0) is 23.4. The van der Waals surface area contributed by atoms with E-state index in [1.165, 1.54) is 11.3 Å². The summed E-state index contributed by atoms with van der Waals surface area (Å²) in [6, 6.07) is 10.2. The number of hydrogen-bond acceptors (Lipinski definition) is 6. The summed E-state index contributed by atoms with van der Waals surface area (Å²) in [6.07, 6.45) is 4.09. The number of hydrogen-bond donors (Lipinski definition) is 1. The van der Waals surface area contributed by atoms with Crippen LogP contribution in [0.25, 0.3) is 32.7 Å². The highest BCUT2D eigenvalue weighted by Crippen LogP contribution is 2.43. The summed E-state index contributed by atoms with van der Waals surface area (Å²) in [6.45, 7) is 3.85. The zero-order valence-electron chi connectivity index (χ0n) is 19.0. The fraction of sp³-hybridized carbons (Fsp3) is 0.320. The van der Waals surface area contributed by atoms with Crippen LogP contribution in [0.5, 0.6) is 0 Å². The minimum absolute atomic E-state index is 0.0813. The molecule has 4 heterocycles. The molecule has 6 rings (SSSR count). The predicted octanol–water partition coefficient (Wildman–Crippen LogP) is 4.43. The Bertz CT molecular complexity index is 1490. The Morgan fingerprint density at radius 3 is 2.79 bits per heavy atom. The zero-order valence-corrected chi connectivity index (χ0v) is 19.8. The van der Waals surface area contributed by atoms with Gasteiger partial charge in [-0.2, -0.15) is 5.26 Å². The Morgan fingerprint density at radius 2 is 2.09 bits per heavy atom. The van der Waals surface area contributed by atoms with Gasteiger partial charge in [0.15, 0.2) is 0 Å². The molecular weight excluding hydrogens is 446 g/mol. The molecule has 1 aromatic carbocycles. The van der Waals surface area contributed by atoms with E-state index < -0.39 is 0 Å². The lowest BCUT2D eigenvalue weighted by Crippen LogP contribution is -2.43. The number of pyridine rings is 1. The summed E-state index contributed by atoms with van der Waals surface area (Å²) in [4.78, 5) is 29.4. The van der Waals surface area contributed by atoms with Gasteiger partial charge in [0.25, 0.3) is 0 Å². The van der Waals surface area contributed by atoms with Crippen molar-refractivity contribution in [1.82, 2.24) is 29.7 Å². The molecule has 1 aliphatic heterocycles. The molecule has 1 N–H and O–H groups in total. The van der Waals surface area contributed by atoms with Gasteiger partial charge in [-0.1, -0.05) is 12.1 Å². The molecule has 0 unspecified atom stereocenters. The van der Waals surface area contributed by atoms with E-state index in [4.69, 9.17) is 9.97 Å². The second-order valence-corrected chi connectivity index (χ2v) is 10.0. The number of aryl methyl sites for hydroxylation is 1. The van der Waals surface area contributed by atoms with E-state index in [9.17, 15) is 10.1 Å². The monoisotopic (exact) mass is 469 g/mol. The number of fused-ring (bicyclic) bond motifs is 2.